The van der Waals surface area contributed by atoms with Crippen molar-refractivity contribution in [1.82, 2.24) is 5.43 Å². The number of rotatable bonds is 3. The van der Waals surface area contributed by atoms with Crippen molar-refractivity contribution in [3.63, 3.8) is 0 Å². The molecule has 0 spiro atoms. The van der Waals surface area contributed by atoms with E-state index in [1.54, 1.807) is 25.1 Å². The Labute approximate surface area is 103 Å². The molecule has 0 saturated carbocycles. The van der Waals surface area contributed by atoms with Crippen LogP contribution in [-0.2, 0) is 0 Å². The summed E-state index contributed by atoms with van der Waals surface area (Å²) < 4.78 is 17.7. The molecule has 1 aromatic carbocycles. The van der Waals surface area contributed by atoms with Gasteiger partial charge < -0.3 is 4.42 Å². The second kappa shape index (κ2) is 5.27. The first-order chi connectivity index (χ1) is 8.66. The molecular formula is C13H11FN2O2. The first kappa shape index (κ1) is 12.0. The molecule has 2 rings (SSSR count). The average molecular weight is 246 g/mol. The summed E-state index contributed by atoms with van der Waals surface area (Å²) in [6, 6.07) is 7.34. The molecular weight excluding hydrogens is 235 g/mol. The summed E-state index contributed by atoms with van der Waals surface area (Å²) in [4.78, 5) is 11.6. The van der Waals surface area contributed by atoms with Crippen LogP contribution >= 0.6 is 0 Å². The molecule has 0 aliphatic carbocycles. The lowest BCUT2D eigenvalue weighted by molar-refractivity contribution is 0.0953. The number of nitrogens with one attached hydrogen (secondary N) is 1. The summed E-state index contributed by atoms with van der Waals surface area (Å²) in [5, 5.41) is 3.78. The lowest BCUT2D eigenvalue weighted by atomic mass is 10.2. The van der Waals surface area contributed by atoms with Crippen molar-refractivity contribution in [2.24, 2.45) is 5.10 Å². The van der Waals surface area contributed by atoms with Crippen molar-refractivity contribution < 1.29 is 13.6 Å². The molecule has 4 nitrogen and oxygen atoms in total. The van der Waals surface area contributed by atoms with Crippen molar-refractivity contribution in [2.75, 3.05) is 0 Å². The minimum atomic E-state index is -0.348. The molecule has 0 unspecified atom stereocenters. The number of carbonyl (C=O) groups is 1. The molecule has 0 aliphatic rings. The highest BCUT2D eigenvalue weighted by Crippen LogP contribution is 2.07. The molecule has 1 N–H and O–H groups in total. The Morgan fingerprint density at radius 1 is 1.33 bits per heavy atom. The molecule has 18 heavy (non-hydrogen) atoms. The predicted molar refractivity (Wildman–Crippen MR) is 64.9 cm³/mol. The van der Waals surface area contributed by atoms with Crippen LogP contribution in [-0.4, -0.2) is 12.1 Å². The number of furan rings is 1. The van der Waals surface area contributed by atoms with Gasteiger partial charge in [-0.05, 0) is 30.7 Å². The topological polar surface area (TPSA) is 54.6 Å². The Hall–Kier alpha value is -2.43. The van der Waals surface area contributed by atoms with Crippen LogP contribution in [0.25, 0.3) is 0 Å². The number of benzene rings is 1. The highest BCUT2D eigenvalue weighted by atomic mass is 19.1. The van der Waals surface area contributed by atoms with Crippen LogP contribution in [0, 0.1) is 12.7 Å². The van der Waals surface area contributed by atoms with Gasteiger partial charge >= 0.3 is 0 Å². The van der Waals surface area contributed by atoms with Gasteiger partial charge in [-0.25, -0.2) is 9.82 Å². The smallest absolute Gasteiger partial charge is 0.274 e. The summed E-state index contributed by atoms with van der Waals surface area (Å²) in [5.41, 5.74) is 3.50. The fraction of sp³-hybridized carbons (Fsp3) is 0.0769. The van der Waals surface area contributed by atoms with E-state index < -0.39 is 0 Å². The summed E-state index contributed by atoms with van der Waals surface area (Å²) in [6.45, 7) is 1.69. The van der Waals surface area contributed by atoms with Gasteiger partial charge in [0.05, 0.1) is 18.0 Å². The third-order valence-corrected chi connectivity index (χ3v) is 2.35. The molecule has 1 amide bonds. The van der Waals surface area contributed by atoms with E-state index in [0.717, 1.165) is 0 Å². The maximum absolute atomic E-state index is 12.6. The number of hydrazone groups is 1. The molecule has 92 valence electrons. The molecule has 1 aromatic heterocycles. The summed E-state index contributed by atoms with van der Waals surface area (Å²) in [7, 11) is 0. The molecule has 0 aliphatic heterocycles. The van der Waals surface area contributed by atoms with Gasteiger partial charge in [-0.15, -0.1) is 0 Å². The largest absolute Gasteiger partial charge is 0.469 e. The van der Waals surface area contributed by atoms with E-state index in [1.165, 1.54) is 24.6 Å². The molecule has 0 radical (unpaired) electrons. The zero-order valence-corrected chi connectivity index (χ0v) is 9.68. The van der Waals surface area contributed by atoms with E-state index in [2.05, 4.69) is 10.5 Å². The first-order valence-corrected chi connectivity index (χ1v) is 5.30. The number of aryl methyl sites for hydroxylation is 1. The molecule has 0 fully saturated rings. The number of nitrogens with zero attached hydrogens (tertiary/aromatic N) is 1. The van der Waals surface area contributed by atoms with Gasteiger partial charge in [0.2, 0.25) is 0 Å². The van der Waals surface area contributed by atoms with Gasteiger partial charge in [-0.3, -0.25) is 4.79 Å². The fourth-order valence-corrected chi connectivity index (χ4v) is 1.40. The Morgan fingerprint density at radius 3 is 2.67 bits per heavy atom. The van der Waals surface area contributed by atoms with E-state index in [9.17, 15) is 9.18 Å². The normalized spacial score (nSPS) is 10.8. The lowest BCUT2D eigenvalue weighted by Crippen LogP contribution is -2.17. The molecule has 1 heterocycles. The molecule has 0 atom stereocenters. The standard InChI is InChI=1S/C13H11FN2O2/c1-9-12(6-7-18-9)13(17)16-15-8-10-2-4-11(14)5-3-10/h2-8H,1H3,(H,16,17)/b15-8+. The highest BCUT2D eigenvalue weighted by Gasteiger charge is 2.09. The van der Waals surface area contributed by atoms with E-state index >= 15 is 0 Å². The number of hydrogen-bond donors (Lipinski definition) is 1. The lowest BCUT2D eigenvalue weighted by Gasteiger charge is -1.97. The van der Waals surface area contributed by atoms with Gasteiger partial charge in [0.1, 0.15) is 11.6 Å². The van der Waals surface area contributed by atoms with Crippen LogP contribution in [0.15, 0.2) is 46.1 Å². The number of halogens is 1. The van der Waals surface area contributed by atoms with Gasteiger partial charge in [-0.1, -0.05) is 12.1 Å². The molecule has 2 aromatic rings. The average Bonchev–Trinajstić information content (AvgIpc) is 2.78. The van der Waals surface area contributed by atoms with Crippen LogP contribution in [0.5, 0.6) is 0 Å². The monoisotopic (exact) mass is 246 g/mol. The van der Waals surface area contributed by atoms with Gasteiger partial charge in [0.25, 0.3) is 5.91 Å². The third kappa shape index (κ3) is 2.82. The quantitative estimate of drug-likeness (QED) is 0.668. The Morgan fingerprint density at radius 2 is 2.06 bits per heavy atom. The van der Waals surface area contributed by atoms with Gasteiger partial charge in [0, 0.05) is 0 Å². The van der Waals surface area contributed by atoms with Crippen molar-refractivity contribution in [3.05, 3.63) is 59.3 Å². The number of hydrogen-bond acceptors (Lipinski definition) is 3. The molecule has 5 heteroatoms. The Bertz CT molecular complexity index is 573. The molecule has 0 saturated heterocycles. The predicted octanol–water partition coefficient (Wildman–Crippen LogP) is 2.49. The van der Waals surface area contributed by atoms with Crippen molar-refractivity contribution in [3.8, 4) is 0 Å². The Balaban J connectivity index is 1.98. The van der Waals surface area contributed by atoms with Crippen LogP contribution in [0.4, 0.5) is 4.39 Å². The van der Waals surface area contributed by atoms with Crippen molar-refractivity contribution in [2.45, 2.75) is 6.92 Å². The van der Waals surface area contributed by atoms with Gasteiger partial charge in [-0.2, -0.15) is 5.10 Å². The Kier molecular flexibility index (Phi) is 3.52. The highest BCUT2D eigenvalue weighted by molar-refractivity contribution is 5.95. The maximum Gasteiger partial charge on any atom is 0.274 e. The van der Waals surface area contributed by atoms with Crippen LogP contribution < -0.4 is 5.43 Å². The summed E-state index contributed by atoms with van der Waals surface area (Å²) >= 11 is 0. The number of carbonyl (C=O) groups excluding carboxylic acids is 1. The summed E-state index contributed by atoms with van der Waals surface area (Å²) in [6.07, 6.45) is 2.88. The summed E-state index contributed by atoms with van der Waals surface area (Å²) in [5.74, 6) is -0.130. The second-order valence-corrected chi connectivity index (χ2v) is 3.64. The van der Waals surface area contributed by atoms with Crippen LogP contribution in [0.3, 0.4) is 0 Å². The number of amides is 1. The van der Waals surface area contributed by atoms with Crippen LogP contribution in [0.2, 0.25) is 0 Å². The minimum absolute atomic E-state index is 0.315. The first-order valence-electron chi connectivity index (χ1n) is 5.30. The van der Waals surface area contributed by atoms with Crippen molar-refractivity contribution >= 4 is 12.1 Å². The minimum Gasteiger partial charge on any atom is -0.469 e. The second-order valence-electron chi connectivity index (χ2n) is 3.64. The van der Waals surface area contributed by atoms with E-state index in [-0.39, 0.29) is 11.7 Å². The van der Waals surface area contributed by atoms with E-state index in [4.69, 9.17) is 4.42 Å². The fourth-order valence-electron chi connectivity index (χ4n) is 1.40. The SMILES string of the molecule is Cc1occc1C(=O)N/N=C/c1ccc(F)cc1. The zero-order chi connectivity index (χ0) is 13.0. The third-order valence-electron chi connectivity index (χ3n) is 2.35. The zero-order valence-electron chi connectivity index (χ0n) is 9.68. The van der Waals surface area contributed by atoms with E-state index in [1.807, 2.05) is 0 Å². The van der Waals surface area contributed by atoms with E-state index in [0.29, 0.717) is 16.9 Å². The van der Waals surface area contributed by atoms with Crippen LogP contribution in [0.1, 0.15) is 21.7 Å². The van der Waals surface area contributed by atoms with Crippen molar-refractivity contribution in [1.29, 1.82) is 0 Å². The molecule has 0 bridgehead atoms. The van der Waals surface area contributed by atoms with Gasteiger partial charge in [0.15, 0.2) is 0 Å². The maximum atomic E-state index is 12.6.